The molecule has 0 aromatic rings. The minimum atomic E-state index is 0.424. The standard InChI is InChI=1S/C10H21N/c1-9(11)10-7-5-3-2-4-6-8-10/h9-10H,2-8,11H2,1H3/t9-/m0/s1. The quantitative estimate of drug-likeness (QED) is 0.619. The van der Waals surface area contributed by atoms with Crippen molar-refractivity contribution in [1.82, 2.24) is 0 Å². The van der Waals surface area contributed by atoms with Crippen LogP contribution >= 0.6 is 0 Å². The fourth-order valence-corrected chi connectivity index (χ4v) is 2.01. The Morgan fingerprint density at radius 1 is 1.00 bits per heavy atom. The summed E-state index contributed by atoms with van der Waals surface area (Å²) in [4.78, 5) is 0. The van der Waals surface area contributed by atoms with Gasteiger partial charge in [0.05, 0.1) is 0 Å². The van der Waals surface area contributed by atoms with E-state index in [1.807, 2.05) is 0 Å². The van der Waals surface area contributed by atoms with Crippen LogP contribution in [0.3, 0.4) is 0 Å². The maximum absolute atomic E-state index is 5.89. The van der Waals surface area contributed by atoms with Gasteiger partial charge in [0.1, 0.15) is 0 Å². The lowest BCUT2D eigenvalue weighted by molar-refractivity contribution is 0.336. The highest BCUT2D eigenvalue weighted by atomic mass is 14.6. The molecule has 0 unspecified atom stereocenters. The normalized spacial score (nSPS) is 25.6. The molecule has 1 nitrogen and oxygen atoms in total. The Kier molecular flexibility index (Phi) is 3.92. The molecule has 0 aromatic carbocycles. The van der Waals surface area contributed by atoms with Crippen molar-refractivity contribution in [2.24, 2.45) is 11.7 Å². The van der Waals surface area contributed by atoms with Gasteiger partial charge in [0.15, 0.2) is 0 Å². The maximum Gasteiger partial charge on any atom is 0.00387 e. The van der Waals surface area contributed by atoms with Crippen LogP contribution in [0, 0.1) is 5.92 Å². The van der Waals surface area contributed by atoms with Crippen LogP contribution in [0.1, 0.15) is 51.9 Å². The third-order valence-electron chi connectivity index (χ3n) is 2.89. The summed E-state index contributed by atoms with van der Waals surface area (Å²) in [5.74, 6) is 0.815. The van der Waals surface area contributed by atoms with Crippen LogP contribution in [0.15, 0.2) is 0 Å². The molecular formula is C10H21N. The predicted octanol–water partition coefficient (Wildman–Crippen LogP) is 2.69. The van der Waals surface area contributed by atoms with Crippen molar-refractivity contribution < 1.29 is 0 Å². The first kappa shape index (κ1) is 9.05. The van der Waals surface area contributed by atoms with Gasteiger partial charge >= 0.3 is 0 Å². The van der Waals surface area contributed by atoms with Crippen LogP contribution in [0.2, 0.25) is 0 Å². The number of nitrogens with two attached hydrogens (primary N) is 1. The number of hydrogen-bond acceptors (Lipinski definition) is 1. The van der Waals surface area contributed by atoms with Gasteiger partial charge in [-0.3, -0.25) is 0 Å². The van der Waals surface area contributed by atoms with Crippen LogP contribution < -0.4 is 5.73 Å². The average Bonchev–Trinajstić information content (AvgIpc) is 1.84. The molecule has 2 N–H and O–H groups in total. The molecule has 1 fully saturated rings. The maximum atomic E-state index is 5.89. The molecule has 1 atom stereocenters. The van der Waals surface area contributed by atoms with Crippen LogP contribution in [0.4, 0.5) is 0 Å². The molecule has 66 valence electrons. The molecular weight excluding hydrogens is 134 g/mol. The monoisotopic (exact) mass is 155 g/mol. The summed E-state index contributed by atoms with van der Waals surface area (Å²) in [6, 6.07) is 0.424. The first-order valence-electron chi connectivity index (χ1n) is 5.06. The summed E-state index contributed by atoms with van der Waals surface area (Å²) < 4.78 is 0. The molecule has 11 heavy (non-hydrogen) atoms. The Morgan fingerprint density at radius 2 is 1.45 bits per heavy atom. The van der Waals surface area contributed by atoms with E-state index in [1.54, 1.807) is 0 Å². The van der Waals surface area contributed by atoms with Crippen molar-refractivity contribution in [3.8, 4) is 0 Å². The van der Waals surface area contributed by atoms with Gasteiger partial charge in [-0.15, -0.1) is 0 Å². The molecule has 0 bridgehead atoms. The zero-order chi connectivity index (χ0) is 8.10. The van der Waals surface area contributed by atoms with Gasteiger partial charge in [0.2, 0.25) is 0 Å². The summed E-state index contributed by atoms with van der Waals surface area (Å²) in [5, 5.41) is 0. The lowest BCUT2D eigenvalue weighted by atomic mass is 9.87. The first-order chi connectivity index (χ1) is 5.30. The summed E-state index contributed by atoms with van der Waals surface area (Å²) in [6.07, 6.45) is 9.88. The highest BCUT2D eigenvalue weighted by Gasteiger charge is 2.14. The zero-order valence-electron chi connectivity index (χ0n) is 7.68. The fourth-order valence-electron chi connectivity index (χ4n) is 2.01. The fraction of sp³-hybridized carbons (Fsp3) is 1.00. The molecule has 1 aliphatic rings. The second kappa shape index (κ2) is 4.76. The summed E-state index contributed by atoms with van der Waals surface area (Å²) in [5.41, 5.74) is 5.89. The van der Waals surface area contributed by atoms with Gasteiger partial charge in [0, 0.05) is 6.04 Å². The van der Waals surface area contributed by atoms with E-state index in [-0.39, 0.29) is 0 Å². The van der Waals surface area contributed by atoms with E-state index in [0.29, 0.717) is 6.04 Å². The molecule has 1 heteroatoms. The van der Waals surface area contributed by atoms with E-state index in [0.717, 1.165) is 5.92 Å². The van der Waals surface area contributed by atoms with E-state index in [1.165, 1.54) is 44.9 Å². The second-order valence-electron chi connectivity index (χ2n) is 3.96. The zero-order valence-corrected chi connectivity index (χ0v) is 7.68. The second-order valence-corrected chi connectivity index (χ2v) is 3.96. The highest BCUT2D eigenvalue weighted by molar-refractivity contribution is 4.70. The smallest absolute Gasteiger partial charge is 0.00387 e. The predicted molar refractivity (Wildman–Crippen MR) is 49.5 cm³/mol. The minimum Gasteiger partial charge on any atom is -0.328 e. The van der Waals surface area contributed by atoms with Gasteiger partial charge < -0.3 is 5.73 Å². The topological polar surface area (TPSA) is 26.0 Å². The summed E-state index contributed by atoms with van der Waals surface area (Å²) in [7, 11) is 0. The van der Waals surface area contributed by atoms with Crippen molar-refractivity contribution in [2.75, 3.05) is 0 Å². The Bertz CT molecular complexity index is 91.0. The van der Waals surface area contributed by atoms with E-state index < -0.39 is 0 Å². The summed E-state index contributed by atoms with van der Waals surface area (Å²) >= 11 is 0. The molecule has 0 spiro atoms. The highest BCUT2D eigenvalue weighted by Crippen LogP contribution is 2.23. The molecule has 0 aromatic heterocycles. The first-order valence-corrected chi connectivity index (χ1v) is 5.06. The Morgan fingerprint density at radius 3 is 1.91 bits per heavy atom. The Labute approximate surface area is 70.4 Å². The van der Waals surface area contributed by atoms with Crippen LogP contribution in [-0.4, -0.2) is 6.04 Å². The van der Waals surface area contributed by atoms with Gasteiger partial charge in [-0.1, -0.05) is 32.1 Å². The molecule has 1 saturated carbocycles. The van der Waals surface area contributed by atoms with Gasteiger partial charge in [-0.05, 0) is 25.7 Å². The average molecular weight is 155 g/mol. The molecule has 0 amide bonds. The van der Waals surface area contributed by atoms with E-state index in [2.05, 4.69) is 6.92 Å². The van der Waals surface area contributed by atoms with Crippen molar-refractivity contribution in [1.29, 1.82) is 0 Å². The SMILES string of the molecule is C[C@H](N)C1CCCCCCC1. The molecule has 1 rings (SSSR count). The molecule has 0 radical (unpaired) electrons. The van der Waals surface area contributed by atoms with Crippen LogP contribution in [-0.2, 0) is 0 Å². The van der Waals surface area contributed by atoms with E-state index in [9.17, 15) is 0 Å². The van der Waals surface area contributed by atoms with Crippen molar-refractivity contribution in [2.45, 2.75) is 57.9 Å². The lowest BCUT2D eigenvalue weighted by Crippen LogP contribution is -2.27. The Balaban J connectivity index is 2.26. The van der Waals surface area contributed by atoms with E-state index in [4.69, 9.17) is 5.73 Å². The molecule has 1 aliphatic carbocycles. The lowest BCUT2D eigenvalue weighted by Gasteiger charge is -2.22. The third-order valence-corrected chi connectivity index (χ3v) is 2.89. The van der Waals surface area contributed by atoms with Gasteiger partial charge in [-0.2, -0.15) is 0 Å². The van der Waals surface area contributed by atoms with Crippen LogP contribution in [0.25, 0.3) is 0 Å². The van der Waals surface area contributed by atoms with Gasteiger partial charge in [0.25, 0.3) is 0 Å². The Hall–Kier alpha value is -0.0400. The van der Waals surface area contributed by atoms with E-state index >= 15 is 0 Å². The summed E-state index contributed by atoms with van der Waals surface area (Å²) in [6.45, 7) is 2.16. The minimum absolute atomic E-state index is 0.424. The van der Waals surface area contributed by atoms with Gasteiger partial charge in [-0.25, -0.2) is 0 Å². The number of rotatable bonds is 1. The van der Waals surface area contributed by atoms with Crippen molar-refractivity contribution in [3.63, 3.8) is 0 Å². The number of hydrogen-bond donors (Lipinski definition) is 1. The molecule has 0 aliphatic heterocycles. The largest absolute Gasteiger partial charge is 0.328 e. The third kappa shape index (κ3) is 3.24. The van der Waals surface area contributed by atoms with Crippen LogP contribution in [0.5, 0.6) is 0 Å². The van der Waals surface area contributed by atoms with Crippen molar-refractivity contribution in [3.05, 3.63) is 0 Å². The molecule has 0 heterocycles. The molecule has 0 saturated heterocycles. The van der Waals surface area contributed by atoms with Crippen molar-refractivity contribution >= 4 is 0 Å².